The van der Waals surface area contributed by atoms with Crippen molar-refractivity contribution >= 4 is 45.9 Å². The number of carbonyl (C=O) groups excluding carboxylic acids is 3. The van der Waals surface area contributed by atoms with Crippen molar-refractivity contribution in [3.8, 4) is 0 Å². The zero-order valence-corrected chi connectivity index (χ0v) is 19.1. The number of anilines is 1. The number of aliphatic imine (C=N–C) groups is 1. The second-order valence-corrected chi connectivity index (χ2v) is 8.84. The van der Waals surface area contributed by atoms with Crippen LogP contribution in [0.1, 0.15) is 48.2 Å². The largest absolute Gasteiger partial charge is 0.326 e. The molecule has 7 heteroatoms. The molecule has 1 atom stereocenters. The predicted molar refractivity (Wildman–Crippen MR) is 126 cm³/mol. The predicted octanol–water partition coefficient (Wildman–Crippen LogP) is 4.88. The molecule has 0 saturated carbocycles. The summed E-state index contributed by atoms with van der Waals surface area (Å²) < 4.78 is 0. The Bertz CT molecular complexity index is 1030. The number of benzene rings is 2. The number of hydrogen-bond donors (Lipinski definition) is 1. The molecule has 0 aliphatic carbocycles. The Balaban J connectivity index is 1.73. The van der Waals surface area contributed by atoms with Crippen LogP contribution in [-0.2, 0) is 9.59 Å². The maximum Gasteiger partial charge on any atom is 0.242 e. The normalized spacial score (nSPS) is 17.3. The Kier molecular flexibility index (Phi) is 7.28. The zero-order chi connectivity index (χ0) is 22.5. The van der Waals surface area contributed by atoms with Gasteiger partial charge in [-0.3, -0.25) is 19.3 Å². The Morgan fingerprint density at radius 2 is 1.84 bits per heavy atom. The van der Waals surface area contributed by atoms with E-state index < -0.39 is 5.25 Å². The lowest BCUT2D eigenvalue weighted by atomic mass is 10.1. The highest BCUT2D eigenvalue weighted by atomic mass is 32.2. The first-order valence-corrected chi connectivity index (χ1v) is 11.2. The number of carbonyl (C=O) groups is 3. The van der Waals surface area contributed by atoms with Gasteiger partial charge in [0.2, 0.25) is 11.8 Å². The van der Waals surface area contributed by atoms with Crippen LogP contribution in [0.3, 0.4) is 0 Å². The highest BCUT2D eigenvalue weighted by molar-refractivity contribution is 8.15. The van der Waals surface area contributed by atoms with Gasteiger partial charge in [0.1, 0.15) is 5.25 Å². The van der Waals surface area contributed by atoms with E-state index >= 15 is 0 Å². The Labute approximate surface area is 187 Å². The third-order valence-corrected chi connectivity index (χ3v) is 6.17. The molecule has 2 aromatic rings. The molecule has 1 saturated heterocycles. The monoisotopic (exact) mass is 437 g/mol. The number of nitrogens with zero attached hydrogens (tertiary/aromatic N) is 2. The topological polar surface area (TPSA) is 78.8 Å². The molecule has 1 aliphatic rings. The summed E-state index contributed by atoms with van der Waals surface area (Å²) in [5.41, 5.74) is 4.17. The number of rotatable bonds is 7. The summed E-state index contributed by atoms with van der Waals surface area (Å²) in [7, 11) is 0. The van der Waals surface area contributed by atoms with Gasteiger partial charge in [-0.2, -0.15) is 0 Å². The summed E-state index contributed by atoms with van der Waals surface area (Å²) >= 11 is 1.34. The van der Waals surface area contributed by atoms with Gasteiger partial charge in [-0.1, -0.05) is 30.8 Å². The van der Waals surface area contributed by atoms with Crippen LogP contribution in [0.2, 0.25) is 0 Å². The lowest BCUT2D eigenvalue weighted by Gasteiger charge is -2.15. The van der Waals surface area contributed by atoms with Gasteiger partial charge < -0.3 is 5.32 Å². The summed E-state index contributed by atoms with van der Waals surface area (Å²) in [6.07, 6.45) is 0.865. The third kappa shape index (κ3) is 5.61. The van der Waals surface area contributed by atoms with Crippen molar-refractivity contribution in [2.24, 2.45) is 4.99 Å². The molecule has 2 aromatic carbocycles. The van der Waals surface area contributed by atoms with E-state index in [1.54, 1.807) is 29.2 Å². The zero-order valence-electron chi connectivity index (χ0n) is 18.3. The number of aryl methyl sites for hydroxylation is 2. The van der Waals surface area contributed by atoms with Crippen molar-refractivity contribution in [3.63, 3.8) is 0 Å². The minimum absolute atomic E-state index is 0.0301. The molecule has 2 amide bonds. The molecule has 162 valence electrons. The number of amides is 2. The molecule has 3 rings (SSSR count). The smallest absolute Gasteiger partial charge is 0.242 e. The molecule has 0 radical (unpaired) electrons. The molecule has 31 heavy (non-hydrogen) atoms. The van der Waals surface area contributed by atoms with E-state index in [0.29, 0.717) is 23.0 Å². The van der Waals surface area contributed by atoms with Crippen LogP contribution in [-0.4, -0.2) is 39.5 Å². The van der Waals surface area contributed by atoms with Crippen LogP contribution in [0.15, 0.2) is 47.5 Å². The molecule has 0 bridgehead atoms. The van der Waals surface area contributed by atoms with Crippen LogP contribution >= 0.6 is 11.8 Å². The second kappa shape index (κ2) is 9.92. The van der Waals surface area contributed by atoms with Crippen LogP contribution in [0.4, 0.5) is 11.4 Å². The molecule has 0 spiro atoms. The van der Waals surface area contributed by atoms with Crippen LogP contribution < -0.4 is 5.32 Å². The van der Waals surface area contributed by atoms with Crippen LogP contribution in [0.5, 0.6) is 0 Å². The fourth-order valence-corrected chi connectivity index (χ4v) is 4.44. The highest BCUT2D eigenvalue weighted by Crippen LogP contribution is 2.33. The van der Waals surface area contributed by atoms with Gasteiger partial charge in [-0.05, 0) is 68.7 Å². The van der Waals surface area contributed by atoms with Crippen molar-refractivity contribution < 1.29 is 14.4 Å². The minimum atomic E-state index is -0.507. The molecule has 1 N–H and O–H groups in total. The van der Waals surface area contributed by atoms with Crippen LogP contribution in [0, 0.1) is 13.8 Å². The van der Waals surface area contributed by atoms with E-state index in [9.17, 15) is 14.4 Å². The van der Waals surface area contributed by atoms with Gasteiger partial charge in [-0.15, -0.1) is 0 Å². The standard InChI is InChI=1S/C24H27N3O3S/c1-5-12-27-23(30)21(31-24(27)26-20-13-15(2)6-7-16(20)3)14-22(29)25-19-10-8-18(9-11-19)17(4)28/h6-11,13,21H,5,12,14H2,1-4H3,(H,25,29). The van der Waals surface area contributed by atoms with Crippen LogP contribution in [0.25, 0.3) is 0 Å². The van der Waals surface area contributed by atoms with Gasteiger partial charge in [0.25, 0.3) is 0 Å². The summed E-state index contributed by atoms with van der Waals surface area (Å²) in [4.78, 5) is 43.4. The number of Topliss-reactive ketones (excluding diaryl/α,β-unsaturated/α-hetero) is 1. The summed E-state index contributed by atoms with van der Waals surface area (Å²) in [5, 5.41) is 2.94. The number of thioether (sulfide) groups is 1. The van der Waals surface area contributed by atoms with E-state index in [2.05, 4.69) is 5.32 Å². The van der Waals surface area contributed by atoms with Gasteiger partial charge in [0, 0.05) is 24.2 Å². The Morgan fingerprint density at radius 3 is 2.48 bits per heavy atom. The SMILES string of the molecule is CCCN1C(=O)C(CC(=O)Nc2ccc(C(C)=O)cc2)SC1=Nc1cc(C)ccc1C. The summed E-state index contributed by atoms with van der Waals surface area (Å²) in [6, 6.07) is 12.8. The van der Waals surface area contributed by atoms with Gasteiger partial charge in [0.15, 0.2) is 11.0 Å². The number of hydrogen-bond acceptors (Lipinski definition) is 5. The molecule has 1 fully saturated rings. The summed E-state index contributed by atoms with van der Waals surface area (Å²) in [5.74, 6) is -0.360. The maximum atomic E-state index is 13.0. The Hall–Kier alpha value is -2.93. The van der Waals surface area contributed by atoms with Crippen molar-refractivity contribution in [2.75, 3.05) is 11.9 Å². The van der Waals surface area contributed by atoms with Crippen molar-refractivity contribution in [2.45, 2.75) is 45.8 Å². The van der Waals surface area contributed by atoms with Crippen molar-refractivity contribution in [1.82, 2.24) is 4.90 Å². The van der Waals surface area contributed by atoms with E-state index in [4.69, 9.17) is 4.99 Å². The molecule has 1 aliphatic heterocycles. The lowest BCUT2D eigenvalue weighted by Crippen LogP contribution is -2.34. The first-order valence-electron chi connectivity index (χ1n) is 10.3. The van der Waals surface area contributed by atoms with Gasteiger partial charge in [0.05, 0.1) is 5.69 Å². The molecule has 1 unspecified atom stereocenters. The number of nitrogens with one attached hydrogen (secondary N) is 1. The molecular formula is C24H27N3O3S. The van der Waals surface area contributed by atoms with Gasteiger partial charge in [-0.25, -0.2) is 4.99 Å². The van der Waals surface area contributed by atoms with E-state index in [1.807, 2.05) is 39.0 Å². The van der Waals surface area contributed by atoms with Gasteiger partial charge >= 0.3 is 0 Å². The highest BCUT2D eigenvalue weighted by Gasteiger charge is 2.38. The quantitative estimate of drug-likeness (QED) is 0.627. The second-order valence-electron chi connectivity index (χ2n) is 7.67. The first kappa shape index (κ1) is 22.7. The van der Waals surface area contributed by atoms with E-state index in [0.717, 1.165) is 23.2 Å². The van der Waals surface area contributed by atoms with Crippen molar-refractivity contribution in [1.29, 1.82) is 0 Å². The molecule has 6 nitrogen and oxygen atoms in total. The Morgan fingerprint density at radius 1 is 1.13 bits per heavy atom. The average molecular weight is 438 g/mol. The van der Waals surface area contributed by atoms with E-state index in [-0.39, 0.29) is 24.0 Å². The minimum Gasteiger partial charge on any atom is -0.326 e. The maximum absolute atomic E-state index is 13.0. The fraction of sp³-hybridized carbons (Fsp3) is 0.333. The third-order valence-electron chi connectivity index (χ3n) is 4.99. The number of amidine groups is 1. The lowest BCUT2D eigenvalue weighted by molar-refractivity contribution is -0.128. The average Bonchev–Trinajstić information content (AvgIpc) is 3.00. The molecule has 0 aromatic heterocycles. The molecule has 1 heterocycles. The number of ketones is 1. The fourth-order valence-electron chi connectivity index (χ4n) is 3.27. The van der Waals surface area contributed by atoms with E-state index in [1.165, 1.54) is 18.7 Å². The summed E-state index contributed by atoms with van der Waals surface area (Å²) in [6.45, 7) is 8.08. The first-order chi connectivity index (χ1) is 14.8. The van der Waals surface area contributed by atoms with Crippen molar-refractivity contribution in [3.05, 3.63) is 59.2 Å². The molecular weight excluding hydrogens is 410 g/mol.